The minimum atomic E-state index is 0.153. The molecule has 22 heavy (non-hydrogen) atoms. The summed E-state index contributed by atoms with van der Waals surface area (Å²) < 4.78 is 11.0. The second kappa shape index (κ2) is 8.06. The molecular formula is C17H26N2O3. The SMILES string of the molecule is C=CCC[C@H](c1c(OC)cc(O)cc1OC)N1CCNCC1. The van der Waals surface area contributed by atoms with Crippen LogP contribution in [0.5, 0.6) is 17.2 Å². The summed E-state index contributed by atoms with van der Waals surface area (Å²) in [5.74, 6) is 1.49. The zero-order valence-electron chi connectivity index (χ0n) is 13.5. The minimum Gasteiger partial charge on any atom is -0.508 e. The van der Waals surface area contributed by atoms with Crippen LogP contribution in [0.1, 0.15) is 24.4 Å². The number of allylic oxidation sites excluding steroid dienone is 1. The number of benzene rings is 1. The van der Waals surface area contributed by atoms with Crippen LogP contribution in [0.4, 0.5) is 0 Å². The van der Waals surface area contributed by atoms with E-state index < -0.39 is 0 Å². The van der Waals surface area contributed by atoms with E-state index in [1.807, 2.05) is 6.08 Å². The van der Waals surface area contributed by atoms with E-state index in [9.17, 15) is 5.11 Å². The van der Waals surface area contributed by atoms with Gasteiger partial charge < -0.3 is 19.9 Å². The normalized spacial score (nSPS) is 17.0. The van der Waals surface area contributed by atoms with Gasteiger partial charge in [0.1, 0.15) is 17.2 Å². The number of ether oxygens (including phenoxy) is 2. The van der Waals surface area contributed by atoms with E-state index in [4.69, 9.17) is 9.47 Å². The van der Waals surface area contributed by atoms with Crippen molar-refractivity contribution in [2.75, 3.05) is 40.4 Å². The van der Waals surface area contributed by atoms with Gasteiger partial charge in [-0.05, 0) is 12.8 Å². The molecule has 2 rings (SSSR count). The van der Waals surface area contributed by atoms with Gasteiger partial charge in [-0.15, -0.1) is 6.58 Å². The molecule has 0 bridgehead atoms. The standard InChI is InChI=1S/C17H26N2O3/c1-4-5-6-14(19-9-7-18-8-10-19)17-15(21-2)11-13(20)12-16(17)22-3/h4,11-12,14,18,20H,1,5-10H2,2-3H3/t14-/m1/s1. The van der Waals surface area contributed by atoms with Crippen molar-refractivity contribution in [3.63, 3.8) is 0 Å². The highest BCUT2D eigenvalue weighted by molar-refractivity contribution is 5.52. The monoisotopic (exact) mass is 306 g/mol. The van der Waals surface area contributed by atoms with Crippen molar-refractivity contribution in [2.24, 2.45) is 0 Å². The van der Waals surface area contributed by atoms with Gasteiger partial charge in [-0.2, -0.15) is 0 Å². The summed E-state index contributed by atoms with van der Waals surface area (Å²) in [6, 6.07) is 3.49. The van der Waals surface area contributed by atoms with Crippen molar-refractivity contribution in [2.45, 2.75) is 18.9 Å². The first-order chi connectivity index (χ1) is 10.7. The van der Waals surface area contributed by atoms with Crippen molar-refractivity contribution >= 4 is 0 Å². The van der Waals surface area contributed by atoms with E-state index in [1.165, 1.54) is 0 Å². The molecule has 5 heteroatoms. The highest BCUT2D eigenvalue weighted by Gasteiger charge is 2.28. The molecule has 0 unspecified atom stereocenters. The zero-order valence-corrected chi connectivity index (χ0v) is 13.5. The van der Waals surface area contributed by atoms with Gasteiger partial charge in [-0.3, -0.25) is 4.90 Å². The lowest BCUT2D eigenvalue weighted by Crippen LogP contribution is -2.45. The minimum absolute atomic E-state index is 0.153. The molecule has 0 saturated carbocycles. The van der Waals surface area contributed by atoms with E-state index in [0.29, 0.717) is 11.5 Å². The third kappa shape index (κ3) is 3.72. The molecule has 1 atom stereocenters. The number of hydrogen-bond acceptors (Lipinski definition) is 5. The molecule has 1 heterocycles. The van der Waals surface area contributed by atoms with Crippen LogP contribution in [-0.4, -0.2) is 50.4 Å². The summed E-state index contributed by atoms with van der Waals surface area (Å²) in [6.45, 7) is 7.76. The average Bonchev–Trinajstić information content (AvgIpc) is 2.56. The lowest BCUT2D eigenvalue weighted by molar-refractivity contribution is 0.160. The number of phenolic OH excluding ortho intramolecular Hbond substituents is 1. The predicted molar refractivity (Wildman–Crippen MR) is 87.8 cm³/mol. The van der Waals surface area contributed by atoms with Crippen LogP contribution in [0.2, 0.25) is 0 Å². The van der Waals surface area contributed by atoms with Crippen molar-refractivity contribution < 1.29 is 14.6 Å². The zero-order chi connectivity index (χ0) is 15.9. The van der Waals surface area contributed by atoms with Crippen molar-refractivity contribution in [3.05, 3.63) is 30.4 Å². The van der Waals surface area contributed by atoms with Crippen LogP contribution in [0, 0.1) is 0 Å². The summed E-state index contributed by atoms with van der Waals surface area (Å²) in [5.41, 5.74) is 1.01. The highest BCUT2D eigenvalue weighted by atomic mass is 16.5. The Labute approximate surface area is 132 Å². The molecular weight excluding hydrogens is 280 g/mol. The van der Waals surface area contributed by atoms with Gasteiger partial charge in [-0.1, -0.05) is 6.08 Å². The fourth-order valence-corrected chi connectivity index (χ4v) is 3.03. The first kappa shape index (κ1) is 16.6. The fourth-order valence-electron chi connectivity index (χ4n) is 3.03. The molecule has 1 aliphatic heterocycles. The third-order valence-corrected chi connectivity index (χ3v) is 4.10. The lowest BCUT2D eigenvalue weighted by Gasteiger charge is -2.36. The van der Waals surface area contributed by atoms with Crippen molar-refractivity contribution in [1.82, 2.24) is 10.2 Å². The Bertz CT molecular complexity index is 474. The van der Waals surface area contributed by atoms with Crippen LogP contribution >= 0.6 is 0 Å². The largest absolute Gasteiger partial charge is 0.508 e. The molecule has 0 radical (unpaired) electrons. The van der Waals surface area contributed by atoms with Gasteiger partial charge in [0.2, 0.25) is 0 Å². The molecule has 1 aromatic carbocycles. The second-order valence-corrected chi connectivity index (χ2v) is 5.43. The van der Waals surface area contributed by atoms with Gasteiger partial charge in [-0.25, -0.2) is 0 Å². The number of phenols is 1. The number of hydrogen-bond donors (Lipinski definition) is 2. The summed E-state index contributed by atoms with van der Waals surface area (Å²) >= 11 is 0. The van der Waals surface area contributed by atoms with Gasteiger partial charge in [0, 0.05) is 44.4 Å². The third-order valence-electron chi connectivity index (χ3n) is 4.10. The van der Waals surface area contributed by atoms with E-state index in [-0.39, 0.29) is 11.8 Å². The first-order valence-corrected chi connectivity index (χ1v) is 7.71. The summed E-state index contributed by atoms with van der Waals surface area (Å²) in [6.07, 6.45) is 3.80. The van der Waals surface area contributed by atoms with E-state index in [1.54, 1.807) is 26.4 Å². The smallest absolute Gasteiger partial charge is 0.131 e. The van der Waals surface area contributed by atoms with Gasteiger partial charge in [0.05, 0.1) is 19.8 Å². The Balaban J connectivity index is 2.42. The Kier molecular flexibility index (Phi) is 6.10. The first-order valence-electron chi connectivity index (χ1n) is 7.71. The maximum absolute atomic E-state index is 9.85. The Hall–Kier alpha value is -1.72. The van der Waals surface area contributed by atoms with Gasteiger partial charge in [0.25, 0.3) is 0 Å². The Morgan fingerprint density at radius 3 is 2.36 bits per heavy atom. The summed E-state index contributed by atoms with van der Waals surface area (Å²) in [5, 5.41) is 13.2. The number of aromatic hydroxyl groups is 1. The number of piperazine rings is 1. The van der Waals surface area contributed by atoms with Crippen LogP contribution in [0.15, 0.2) is 24.8 Å². The molecule has 0 spiro atoms. The van der Waals surface area contributed by atoms with Crippen LogP contribution < -0.4 is 14.8 Å². The molecule has 2 N–H and O–H groups in total. The second-order valence-electron chi connectivity index (χ2n) is 5.43. The maximum Gasteiger partial charge on any atom is 0.131 e. The number of nitrogens with zero attached hydrogens (tertiary/aromatic N) is 1. The average molecular weight is 306 g/mol. The van der Waals surface area contributed by atoms with Gasteiger partial charge >= 0.3 is 0 Å². The van der Waals surface area contributed by atoms with Crippen molar-refractivity contribution in [1.29, 1.82) is 0 Å². The number of rotatable bonds is 7. The predicted octanol–water partition coefficient (Wildman–Crippen LogP) is 2.32. The highest BCUT2D eigenvalue weighted by Crippen LogP contribution is 2.42. The quantitative estimate of drug-likeness (QED) is 0.757. The topological polar surface area (TPSA) is 54.0 Å². The molecule has 0 amide bonds. The maximum atomic E-state index is 9.85. The molecule has 1 aromatic rings. The molecule has 1 aliphatic rings. The molecule has 1 fully saturated rings. The van der Waals surface area contributed by atoms with Gasteiger partial charge in [0.15, 0.2) is 0 Å². The van der Waals surface area contributed by atoms with Crippen LogP contribution in [0.3, 0.4) is 0 Å². The molecule has 122 valence electrons. The van der Waals surface area contributed by atoms with E-state index >= 15 is 0 Å². The fraction of sp³-hybridized carbons (Fsp3) is 0.529. The van der Waals surface area contributed by atoms with E-state index in [0.717, 1.165) is 44.6 Å². The van der Waals surface area contributed by atoms with Crippen LogP contribution in [-0.2, 0) is 0 Å². The molecule has 0 aromatic heterocycles. The Morgan fingerprint density at radius 2 is 1.86 bits per heavy atom. The van der Waals surface area contributed by atoms with Crippen molar-refractivity contribution in [3.8, 4) is 17.2 Å². The molecule has 1 saturated heterocycles. The molecule has 0 aliphatic carbocycles. The lowest BCUT2D eigenvalue weighted by atomic mass is 9.97. The Morgan fingerprint density at radius 1 is 1.27 bits per heavy atom. The molecule has 5 nitrogen and oxygen atoms in total. The van der Waals surface area contributed by atoms with E-state index in [2.05, 4.69) is 16.8 Å². The summed E-state index contributed by atoms with van der Waals surface area (Å²) in [7, 11) is 3.25. The number of methoxy groups -OCH3 is 2. The summed E-state index contributed by atoms with van der Waals surface area (Å²) in [4.78, 5) is 2.44. The number of nitrogens with one attached hydrogen (secondary N) is 1. The van der Waals surface area contributed by atoms with Crippen LogP contribution in [0.25, 0.3) is 0 Å².